The third kappa shape index (κ3) is 4.68. The second-order valence-electron chi connectivity index (χ2n) is 6.51. The van der Waals surface area contributed by atoms with E-state index >= 15 is 0 Å². The molecule has 4 heteroatoms. The van der Waals surface area contributed by atoms with Gasteiger partial charge in [0.15, 0.2) is 0 Å². The van der Waals surface area contributed by atoms with E-state index in [1.165, 1.54) is 11.3 Å². The van der Waals surface area contributed by atoms with E-state index in [1.54, 1.807) is 0 Å². The molecule has 114 valence electrons. The van der Waals surface area contributed by atoms with Crippen LogP contribution in [0.15, 0.2) is 41.0 Å². The minimum Gasteiger partial charge on any atom is -0.311 e. The number of nitrogens with one attached hydrogen (secondary N) is 1. The van der Waals surface area contributed by atoms with Crippen molar-refractivity contribution in [2.45, 2.75) is 38.6 Å². The Balaban J connectivity index is 2.20. The van der Waals surface area contributed by atoms with Gasteiger partial charge in [0.2, 0.25) is 0 Å². The van der Waals surface area contributed by atoms with Crippen LogP contribution in [0, 0.1) is 0 Å². The summed E-state index contributed by atoms with van der Waals surface area (Å²) >= 11 is 3.61. The van der Waals surface area contributed by atoms with Gasteiger partial charge in [0, 0.05) is 25.0 Å². The predicted octanol–water partition coefficient (Wildman–Crippen LogP) is 3.90. The second kappa shape index (κ2) is 6.75. The maximum atomic E-state index is 4.32. The summed E-state index contributed by atoms with van der Waals surface area (Å²) in [5, 5.41) is 7.95. The van der Waals surface area contributed by atoms with Crippen molar-refractivity contribution in [1.82, 2.24) is 15.1 Å². The number of nitrogens with zero attached hydrogens (tertiary/aromatic N) is 2. The average Bonchev–Trinajstić information content (AvgIpc) is 2.74. The van der Waals surface area contributed by atoms with E-state index < -0.39 is 0 Å². The van der Waals surface area contributed by atoms with Crippen LogP contribution in [0.25, 0.3) is 0 Å². The van der Waals surface area contributed by atoms with Gasteiger partial charge in [-0.05, 0) is 48.7 Å². The lowest BCUT2D eigenvalue weighted by molar-refractivity contribution is 0.402. The molecule has 0 spiro atoms. The normalized spacial score (nSPS) is 13.4. The summed E-state index contributed by atoms with van der Waals surface area (Å²) in [5.74, 6) is 0.428. The molecule has 0 radical (unpaired) electrons. The number of aromatic nitrogens is 2. The summed E-state index contributed by atoms with van der Waals surface area (Å²) in [7, 11) is 2.00. The number of benzene rings is 1. The Morgan fingerprint density at radius 2 is 1.90 bits per heavy atom. The van der Waals surface area contributed by atoms with Crippen molar-refractivity contribution < 1.29 is 0 Å². The van der Waals surface area contributed by atoms with E-state index in [1.807, 2.05) is 17.9 Å². The summed E-state index contributed by atoms with van der Waals surface area (Å²) in [6.45, 7) is 7.56. The summed E-state index contributed by atoms with van der Waals surface area (Å²) in [5.41, 5.74) is 2.72. The van der Waals surface area contributed by atoms with Crippen LogP contribution < -0.4 is 5.32 Å². The molecule has 0 aliphatic heterocycles. The lowest BCUT2D eigenvalue weighted by Crippen LogP contribution is -2.39. The van der Waals surface area contributed by atoms with Gasteiger partial charge in [0.1, 0.15) is 0 Å². The molecule has 0 saturated heterocycles. The highest BCUT2D eigenvalue weighted by Crippen LogP contribution is 2.25. The van der Waals surface area contributed by atoms with Crippen LogP contribution in [0.5, 0.6) is 0 Å². The maximum absolute atomic E-state index is 4.32. The van der Waals surface area contributed by atoms with Crippen molar-refractivity contribution in [3.63, 3.8) is 0 Å². The van der Waals surface area contributed by atoms with E-state index in [-0.39, 0.29) is 5.54 Å². The first kappa shape index (κ1) is 16.2. The fourth-order valence-electron chi connectivity index (χ4n) is 2.36. The molecule has 21 heavy (non-hydrogen) atoms. The zero-order valence-corrected chi connectivity index (χ0v) is 14.8. The van der Waals surface area contributed by atoms with Crippen LogP contribution in [0.4, 0.5) is 0 Å². The summed E-state index contributed by atoms with van der Waals surface area (Å²) in [4.78, 5) is 0. The minimum absolute atomic E-state index is 0.122. The molecule has 1 unspecified atom stereocenters. The molecule has 0 aliphatic rings. The van der Waals surface area contributed by atoms with Gasteiger partial charge in [-0.1, -0.05) is 30.3 Å². The van der Waals surface area contributed by atoms with Crippen LogP contribution in [0.1, 0.15) is 37.9 Å². The minimum atomic E-state index is 0.122. The van der Waals surface area contributed by atoms with Gasteiger partial charge in [-0.15, -0.1) is 0 Å². The first-order valence-electron chi connectivity index (χ1n) is 7.33. The molecule has 3 nitrogen and oxygen atoms in total. The Hall–Kier alpha value is -1.13. The molecule has 1 atom stereocenters. The third-order valence-electron chi connectivity index (χ3n) is 3.60. The molecule has 0 saturated carbocycles. The lowest BCUT2D eigenvalue weighted by Gasteiger charge is -2.26. The topological polar surface area (TPSA) is 29.9 Å². The van der Waals surface area contributed by atoms with Gasteiger partial charge in [0.05, 0.1) is 16.4 Å². The number of aryl methyl sites for hydroxylation is 1. The molecule has 0 aliphatic carbocycles. The van der Waals surface area contributed by atoms with Gasteiger partial charge < -0.3 is 5.32 Å². The zero-order chi connectivity index (χ0) is 15.5. The molecule has 1 aromatic heterocycles. The molecule has 2 rings (SSSR count). The van der Waals surface area contributed by atoms with Crippen LogP contribution >= 0.6 is 15.9 Å². The summed E-state index contributed by atoms with van der Waals surface area (Å²) < 4.78 is 3.04. The largest absolute Gasteiger partial charge is 0.311 e. The average molecular weight is 350 g/mol. The van der Waals surface area contributed by atoms with Crippen molar-refractivity contribution in [2.24, 2.45) is 7.05 Å². The molecule has 1 N–H and O–H groups in total. The SMILES string of the molecule is Cn1ncc(Br)c1CC(CNC(C)(C)C)c1ccccc1. The Kier molecular flexibility index (Phi) is 5.22. The van der Waals surface area contributed by atoms with Crippen LogP contribution in [0.3, 0.4) is 0 Å². The van der Waals surface area contributed by atoms with E-state index in [0.717, 1.165) is 17.4 Å². The second-order valence-corrected chi connectivity index (χ2v) is 7.36. The Bertz CT molecular complexity index is 550. The standard InChI is InChI=1S/C17H24BrN3/c1-17(2,3)19-11-14(13-8-6-5-7-9-13)10-16-15(18)12-20-21(16)4/h5-9,12,14,19H,10-11H2,1-4H3. The highest BCUT2D eigenvalue weighted by Gasteiger charge is 2.19. The number of hydrogen-bond acceptors (Lipinski definition) is 2. The first-order valence-corrected chi connectivity index (χ1v) is 8.12. The van der Waals surface area contributed by atoms with E-state index in [9.17, 15) is 0 Å². The quantitative estimate of drug-likeness (QED) is 0.886. The Labute approximate surface area is 135 Å². The van der Waals surface area contributed by atoms with Crippen LogP contribution in [0.2, 0.25) is 0 Å². The fourth-order valence-corrected chi connectivity index (χ4v) is 2.87. The molecule has 0 amide bonds. The first-order chi connectivity index (χ1) is 9.87. The van der Waals surface area contributed by atoms with Crippen molar-refractivity contribution in [2.75, 3.05) is 6.54 Å². The van der Waals surface area contributed by atoms with Gasteiger partial charge in [-0.3, -0.25) is 4.68 Å². The Morgan fingerprint density at radius 3 is 2.43 bits per heavy atom. The molecular weight excluding hydrogens is 326 g/mol. The molecule has 1 heterocycles. The number of halogens is 1. The van der Waals surface area contributed by atoms with E-state index in [4.69, 9.17) is 0 Å². The maximum Gasteiger partial charge on any atom is 0.0635 e. The smallest absolute Gasteiger partial charge is 0.0635 e. The highest BCUT2D eigenvalue weighted by atomic mass is 79.9. The fraction of sp³-hybridized carbons (Fsp3) is 0.471. The van der Waals surface area contributed by atoms with Crippen molar-refractivity contribution >= 4 is 15.9 Å². The summed E-state index contributed by atoms with van der Waals surface area (Å²) in [6, 6.07) is 10.7. The van der Waals surface area contributed by atoms with Gasteiger partial charge in [-0.2, -0.15) is 5.10 Å². The van der Waals surface area contributed by atoms with Crippen LogP contribution in [-0.4, -0.2) is 21.9 Å². The number of hydrogen-bond donors (Lipinski definition) is 1. The molecule has 0 fully saturated rings. The summed E-state index contributed by atoms with van der Waals surface area (Å²) in [6.07, 6.45) is 2.83. The van der Waals surface area contributed by atoms with E-state index in [0.29, 0.717) is 5.92 Å². The van der Waals surface area contributed by atoms with Crippen LogP contribution in [-0.2, 0) is 13.5 Å². The zero-order valence-electron chi connectivity index (χ0n) is 13.2. The van der Waals surface area contributed by atoms with E-state index in [2.05, 4.69) is 77.4 Å². The van der Waals surface area contributed by atoms with Crippen molar-refractivity contribution in [1.29, 1.82) is 0 Å². The molecule has 1 aromatic carbocycles. The molecular formula is C17H24BrN3. The Morgan fingerprint density at radius 1 is 1.24 bits per heavy atom. The van der Waals surface area contributed by atoms with Gasteiger partial charge in [0.25, 0.3) is 0 Å². The van der Waals surface area contributed by atoms with Crippen molar-refractivity contribution in [3.05, 3.63) is 52.3 Å². The third-order valence-corrected chi connectivity index (χ3v) is 4.26. The van der Waals surface area contributed by atoms with Gasteiger partial charge >= 0.3 is 0 Å². The van der Waals surface area contributed by atoms with Gasteiger partial charge in [-0.25, -0.2) is 0 Å². The monoisotopic (exact) mass is 349 g/mol. The van der Waals surface area contributed by atoms with Crippen molar-refractivity contribution in [3.8, 4) is 0 Å². The number of rotatable bonds is 5. The lowest BCUT2D eigenvalue weighted by atomic mass is 9.93. The predicted molar refractivity (Wildman–Crippen MR) is 91.6 cm³/mol. The molecule has 0 bridgehead atoms. The molecule has 2 aromatic rings. The highest BCUT2D eigenvalue weighted by molar-refractivity contribution is 9.10.